The summed E-state index contributed by atoms with van der Waals surface area (Å²) in [6.45, 7) is 4.43. The normalized spacial score (nSPS) is 26.8. The van der Waals surface area contributed by atoms with Crippen LogP contribution in [0.25, 0.3) is 0 Å². The smallest absolute Gasteiger partial charge is 0.166 e. The van der Waals surface area contributed by atoms with Crippen molar-refractivity contribution in [1.82, 2.24) is 0 Å². The summed E-state index contributed by atoms with van der Waals surface area (Å²) in [5.41, 5.74) is 1.88. The van der Waals surface area contributed by atoms with Gasteiger partial charge < -0.3 is 0 Å². The molecular weight excluding hydrogens is 369 g/mol. The molecule has 3 rings (SSSR count). The highest BCUT2D eigenvalue weighted by molar-refractivity contribution is 5.32. The van der Waals surface area contributed by atoms with Gasteiger partial charge in [0.2, 0.25) is 0 Å². The summed E-state index contributed by atoms with van der Waals surface area (Å²) >= 11 is 0. The molecule has 0 radical (unpaired) electrons. The Morgan fingerprint density at radius 3 is 2.24 bits per heavy atom. The van der Waals surface area contributed by atoms with Gasteiger partial charge in [-0.05, 0) is 67.6 Å². The van der Waals surface area contributed by atoms with E-state index in [1.54, 1.807) is 12.1 Å². The predicted octanol–water partition coefficient (Wildman–Crippen LogP) is 8.92. The van der Waals surface area contributed by atoms with E-state index < -0.39 is 11.7 Å². The Morgan fingerprint density at radius 2 is 1.62 bits per heavy atom. The van der Waals surface area contributed by atoms with Gasteiger partial charge >= 0.3 is 6.18 Å². The van der Waals surface area contributed by atoms with Gasteiger partial charge in [-0.15, -0.1) is 0 Å². The van der Waals surface area contributed by atoms with Crippen LogP contribution in [0.1, 0.15) is 102 Å². The largest absolute Gasteiger partial charge is 0.416 e. The summed E-state index contributed by atoms with van der Waals surface area (Å²) in [6, 6.07) is 5.79. The van der Waals surface area contributed by atoms with E-state index in [-0.39, 0.29) is 5.92 Å². The Bertz CT molecular complexity index is 648. The van der Waals surface area contributed by atoms with Crippen LogP contribution < -0.4 is 0 Å². The monoisotopic (exact) mass is 406 g/mol. The SMILES string of the molecule is CCCCCC1CCC(C2CCC=C(C(C)c3ccc(C(F)(F)F)cc3)C2)CC1. The number of unbranched alkanes of at least 4 members (excludes halogenated alkanes) is 2. The zero-order valence-corrected chi connectivity index (χ0v) is 18.1. The van der Waals surface area contributed by atoms with Gasteiger partial charge in [0, 0.05) is 5.92 Å². The molecule has 2 atom stereocenters. The highest BCUT2D eigenvalue weighted by Crippen LogP contribution is 2.44. The standard InChI is InChI=1S/C26H37F3/c1-3-4-5-7-20-10-12-22(13-11-20)24-9-6-8-23(18-24)19(2)21-14-16-25(17-15-21)26(27,28)29/h8,14-17,19-20,22,24H,3-7,9-13,18H2,1-2H3. The van der Waals surface area contributed by atoms with Crippen molar-refractivity contribution in [2.45, 2.75) is 96.6 Å². The third-order valence-corrected chi connectivity index (χ3v) is 7.51. The van der Waals surface area contributed by atoms with Gasteiger partial charge in [0.1, 0.15) is 0 Å². The fourth-order valence-electron chi connectivity index (χ4n) is 5.53. The number of hydrogen-bond acceptors (Lipinski definition) is 0. The molecule has 0 nitrogen and oxygen atoms in total. The number of benzene rings is 1. The first kappa shape index (κ1) is 22.4. The highest BCUT2D eigenvalue weighted by atomic mass is 19.4. The third kappa shape index (κ3) is 6.12. The Hall–Kier alpha value is -1.25. The second-order valence-electron chi connectivity index (χ2n) is 9.44. The first-order valence-electron chi connectivity index (χ1n) is 11.7. The van der Waals surface area contributed by atoms with Crippen molar-refractivity contribution in [3.63, 3.8) is 0 Å². The van der Waals surface area contributed by atoms with Crippen LogP contribution in [0, 0.1) is 17.8 Å². The second-order valence-corrected chi connectivity index (χ2v) is 9.44. The first-order valence-corrected chi connectivity index (χ1v) is 11.7. The van der Waals surface area contributed by atoms with Gasteiger partial charge in [-0.1, -0.05) is 76.2 Å². The molecule has 1 aromatic carbocycles. The molecule has 1 aromatic rings. The van der Waals surface area contributed by atoms with E-state index in [9.17, 15) is 13.2 Å². The van der Waals surface area contributed by atoms with E-state index in [0.29, 0.717) is 0 Å². The number of halogens is 3. The fourth-order valence-corrected chi connectivity index (χ4v) is 5.53. The lowest BCUT2D eigenvalue weighted by Gasteiger charge is -2.37. The van der Waals surface area contributed by atoms with Gasteiger partial charge in [0.25, 0.3) is 0 Å². The van der Waals surface area contributed by atoms with Gasteiger partial charge in [0.05, 0.1) is 5.56 Å². The molecule has 1 saturated carbocycles. The summed E-state index contributed by atoms with van der Waals surface area (Å²) in [4.78, 5) is 0. The average molecular weight is 407 g/mol. The van der Waals surface area contributed by atoms with Crippen molar-refractivity contribution < 1.29 is 13.2 Å². The minimum absolute atomic E-state index is 0.213. The van der Waals surface area contributed by atoms with Crippen LogP contribution in [-0.4, -0.2) is 0 Å². The molecule has 0 N–H and O–H groups in total. The molecule has 0 aromatic heterocycles. The van der Waals surface area contributed by atoms with E-state index in [0.717, 1.165) is 36.2 Å². The minimum Gasteiger partial charge on any atom is -0.166 e. The highest BCUT2D eigenvalue weighted by Gasteiger charge is 2.32. The van der Waals surface area contributed by atoms with Crippen molar-refractivity contribution in [3.05, 3.63) is 47.0 Å². The van der Waals surface area contributed by atoms with Crippen molar-refractivity contribution in [3.8, 4) is 0 Å². The molecular formula is C26H37F3. The molecule has 2 aliphatic rings. The van der Waals surface area contributed by atoms with Gasteiger partial charge in [-0.3, -0.25) is 0 Å². The summed E-state index contributed by atoms with van der Waals surface area (Å²) in [7, 11) is 0. The topological polar surface area (TPSA) is 0 Å². The molecule has 0 amide bonds. The number of allylic oxidation sites excluding steroid dienone is 2. The Balaban J connectivity index is 1.53. The Labute approximate surface area is 175 Å². The second kappa shape index (κ2) is 10.2. The maximum absolute atomic E-state index is 12.8. The fraction of sp³-hybridized carbons (Fsp3) is 0.692. The molecule has 2 aliphatic carbocycles. The first-order chi connectivity index (χ1) is 13.9. The zero-order chi connectivity index (χ0) is 20.9. The lowest BCUT2D eigenvalue weighted by atomic mass is 9.69. The maximum atomic E-state index is 12.8. The number of alkyl halides is 3. The number of rotatable bonds is 7. The van der Waals surface area contributed by atoms with Crippen LogP contribution in [0.4, 0.5) is 13.2 Å². The van der Waals surface area contributed by atoms with Crippen molar-refractivity contribution in [2.75, 3.05) is 0 Å². The summed E-state index contributed by atoms with van der Waals surface area (Å²) in [6.07, 6.45) is 12.7. The Kier molecular flexibility index (Phi) is 7.87. The molecule has 0 bridgehead atoms. The molecule has 3 heteroatoms. The molecule has 0 aliphatic heterocycles. The molecule has 0 saturated heterocycles. The summed E-state index contributed by atoms with van der Waals surface area (Å²) < 4.78 is 38.5. The lowest BCUT2D eigenvalue weighted by molar-refractivity contribution is -0.137. The van der Waals surface area contributed by atoms with Crippen LogP contribution in [0.15, 0.2) is 35.9 Å². The third-order valence-electron chi connectivity index (χ3n) is 7.51. The van der Waals surface area contributed by atoms with Gasteiger partial charge in [-0.25, -0.2) is 0 Å². The van der Waals surface area contributed by atoms with Gasteiger partial charge in [-0.2, -0.15) is 13.2 Å². The lowest BCUT2D eigenvalue weighted by Crippen LogP contribution is -2.24. The molecule has 162 valence electrons. The predicted molar refractivity (Wildman–Crippen MR) is 115 cm³/mol. The zero-order valence-electron chi connectivity index (χ0n) is 18.1. The Morgan fingerprint density at radius 1 is 0.931 bits per heavy atom. The molecule has 0 spiro atoms. The van der Waals surface area contributed by atoms with Gasteiger partial charge in [0.15, 0.2) is 0 Å². The molecule has 2 unspecified atom stereocenters. The minimum atomic E-state index is -4.26. The van der Waals surface area contributed by atoms with Crippen LogP contribution in [-0.2, 0) is 6.18 Å². The molecule has 0 heterocycles. The number of hydrogen-bond donors (Lipinski definition) is 0. The van der Waals surface area contributed by atoms with Crippen LogP contribution in [0.5, 0.6) is 0 Å². The van der Waals surface area contributed by atoms with Crippen LogP contribution >= 0.6 is 0 Å². The maximum Gasteiger partial charge on any atom is 0.416 e. The van der Waals surface area contributed by atoms with Crippen molar-refractivity contribution >= 4 is 0 Å². The van der Waals surface area contributed by atoms with E-state index in [4.69, 9.17) is 0 Å². The quantitative estimate of drug-likeness (QED) is 0.313. The summed E-state index contributed by atoms with van der Waals surface area (Å²) in [5.74, 6) is 2.78. The van der Waals surface area contributed by atoms with E-state index in [1.165, 1.54) is 75.5 Å². The van der Waals surface area contributed by atoms with E-state index >= 15 is 0 Å². The average Bonchev–Trinajstić information content (AvgIpc) is 2.73. The molecule has 1 fully saturated rings. The van der Waals surface area contributed by atoms with E-state index in [2.05, 4.69) is 19.9 Å². The van der Waals surface area contributed by atoms with Crippen molar-refractivity contribution in [2.24, 2.45) is 17.8 Å². The van der Waals surface area contributed by atoms with E-state index in [1.807, 2.05) is 0 Å². The van der Waals surface area contributed by atoms with Crippen molar-refractivity contribution in [1.29, 1.82) is 0 Å². The van der Waals surface area contributed by atoms with Crippen LogP contribution in [0.2, 0.25) is 0 Å². The van der Waals surface area contributed by atoms with Crippen LogP contribution in [0.3, 0.4) is 0 Å². The molecule has 29 heavy (non-hydrogen) atoms. The summed E-state index contributed by atoms with van der Waals surface area (Å²) in [5, 5.41) is 0.